The van der Waals surface area contributed by atoms with Crippen LogP contribution in [0.5, 0.6) is 0 Å². The molecular formula is C17H14N2OS. The van der Waals surface area contributed by atoms with E-state index in [1.165, 1.54) is 0 Å². The maximum absolute atomic E-state index is 12.6. The van der Waals surface area contributed by atoms with Crippen molar-refractivity contribution >= 4 is 37.2 Å². The van der Waals surface area contributed by atoms with Crippen molar-refractivity contribution in [1.82, 2.24) is 0 Å². The zero-order valence-corrected chi connectivity index (χ0v) is 12.5. The molecule has 2 aromatic carbocycles. The number of anilines is 1. The lowest BCUT2D eigenvalue weighted by Gasteiger charge is -2.06. The van der Waals surface area contributed by atoms with Crippen LogP contribution in [0.1, 0.15) is 18.9 Å². The fraction of sp³-hybridized carbons (Fsp3) is 0.176. The summed E-state index contributed by atoms with van der Waals surface area (Å²) in [7, 11) is 0. The molecule has 3 aromatic rings. The van der Waals surface area contributed by atoms with Crippen molar-refractivity contribution in [2.45, 2.75) is 13.3 Å². The average molecular weight is 294 g/mol. The smallest absolute Gasteiger partial charge is 0.195 e. The van der Waals surface area contributed by atoms with Gasteiger partial charge in [0.1, 0.15) is 0 Å². The first kappa shape index (κ1) is 13.6. The first-order chi connectivity index (χ1) is 10.2. The molecule has 1 aromatic heterocycles. The van der Waals surface area contributed by atoms with Crippen LogP contribution in [0.15, 0.2) is 41.2 Å². The molecule has 0 radical (unpaired) electrons. The molecule has 0 spiro atoms. The molecule has 0 unspecified atom stereocenters. The second kappa shape index (κ2) is 5.55. The Hall–Kier alpha value is -2.38. The molecule has 0 atom stereocenters. The zero-order valence-electron chi connectivity index (χ0n) is 11.6. The van der Waals surface area contributed by atoms with E-state index in [-0.39, 0.29) is 5.43 Å². The number of benzene rings is 2. The van der Waals surface area contributed by atoms with Gasteiger partial charge in [-0.15, -0.1) is 11.3 Å². The van der Waals surface area contributed by atoms with Crippen molar-refractivity contribution < 1.29 is 0 Å². The highest BCUT2D eigenvalue weighted by Gasteiger charge is 2.07. The van der Waals surface area contributed by atoms with Crippen LogP contribution in [0.2, 0.25) is 0 Å². The van der Waals surface area contributed by atoms with Gasteiger partial charge in [0.2, 0.25) is 0 Å². The minimum absolute atomic E-state index is 0.0309. The molecular weight excluding hydrogens is 280 g/mol. The Morgan fingerprint density at radius 1 is 1.14 bits per heavy atom. The monoisotopic (exact) mass is 294 g/mol. The van der Waals surface area contributed by atoms with Gasteiger partial charge < -0.3 is 5.32 Å². The maximum atomic E-state index is 12.6. The first-order valence-corrected chi connectivity index (χ1v) is 7.69. The van der Waals surface area contributed by atoms with E-state index >= 15 is 0 Å². The topological polar surface area (TPSA) is 52.9 Å². The lowest BCUT2D eigenvalue weighted by Crippen LogP contribution is -2.03. The first-order valence-electron chi connectivity index (χ1n) is 6.87. The Morgan fingerprint density at radius 2 is 2.00 bits per heavy atom. The highest BCUT2D eigenvalue weighted by Crippen LogP contribution is 2.27. The molecule has 0 bridgehead atoms. The van der Waals surface area contributed by atoms with E-state index in [0.717, 1.165) is 33.4 Å². The summed E-state index contributed by atoms with van der Waals surface area (Å²) in [6, 6.07) is 13.2. The molecule has 0 amide bonds. The molecule has 4 heteroatoms. The Bertz CT molecular complexity index is 922. The van der Waals surface area contributed by atoms with Gasteiger partial charge in [-0.2, -0.15) is 5.26 Å². The predicted molar refractivity (Wildman–Crippen MR) is 89.1 cm³/mol. The van der Waals surface area contributed by atoms with Gasteiger partial charge in [0, 0.05) is 32.4 Å². The van der Waals surface area contributed by atoms with Gasteiger partial charge in [0.05, 0.1) is 11.6 Å². The third-order valence-electron chi connectivity index (χ3n) is 3.38. The molecule has 0 saturated carbocycles. The number of nitrogens with one attached hydrogen (secondary N) is 1. The predicted octanol–water partition coefficient (Wildman–Crippen LogP) is 4.11. The van der Waals surface area contributed by atoms with Gasteiger partial charge >= 0.3 is 0 Å². The molecule has 0 aliphatic rings. The third kappa shape index (κ3) is 2.48. The maximum Gasteiger partial charge on any atom is 0.195 e. The van der Waals surface area contributed by atoms with E-state index in [2.05, 4.69) is 18.3 Å². The van der Waals surface area contributed by atoms with Crippen LogP contribution < -0.4 is 10.7 Å². The fourth-order valence-electron chi connectivity index (χ4n) is 2.30. The van der Waals surface area contributed by atoms with Gasteiger partial charge in [0.25, 0.3) is 0 Å². The second-order valence-corrected chi connectivity index (χ2v) is 5.98. The molecule has 0 fully saturated rings. The van der Waals surface area contributed by atoms with E-state index in [1.807, 2.05) is 18.2 Å². The van der Waals surface area contributed by atoms with Crippen molar-refractivity contribution in [2.24, 2.45) is 0 Å². The molecule has 3 nitrogen and oxygen atoms in total. The van der Waals surface area contributed by atoms with Gasteiger partial charge in [-0.05, 0) is 42.8 Å². The number of rotatable bonds is 3. The number of nitrogens with zero attached hydrogens (tertiary/aromatic N) is 1. The van der Waals surface area contributed by atoms with Crippen LogP contribution in [0.4, 0.5) is 5.69 Å². The summed E-state index contributed by atoms with van der Waals surface area (Å²) in [6.45, 7) is 3.00. The van der Waals surface area contributed by atoms with Crippen molar-refractivity contribution in [3.05, 3.63) is 52.2 Å². The molecule has 1 N–H and O–H groups in total. The van der Waals surface area contributed by atoms with Crippen molar-refractivity contribution in [3.8, 4) is 6.07 Å². The van der Waals surface area contributed by atoms with Crippen molar-refractivity contribution in [3.63, 3.8) is 0 Å². The highest BCUT2D eigenvalue weighted by molar-refractivity contribution is 7.24. The lowest BCUT2D eigenvalue weighted by atomic mass is 10.1. The van der Waals surface area contributed by atoms with Crippen LogP contribution in [0, 0.1) is 11.3 Å². The lowest BCUT2D eigenvalue weighted by molar-refractivity contribution is 0.980. The quantitative estimate of drug-likeness (QED) is 0.740. The van der Waals surface area contributed by atoms with Crippen LogP contribution in [-0.2, 0) is 0 Å². The van der Waals surface area contributed by atoms with E-state index in [9.17, 15) is 4.79 Å². The Balaban J connectivity index is 2.24. The van der Waals surface area contributed by atoms with Crippen LogP contribution in [0.3, 0.4) is 0 Å². The number of hydrogen-bond donors (Lipinski definition) is 1. The molecule has 0 saturated heterocycles. The van der Waals surface area contributed by atoms with Gasteiger partial charge in [0.15, 0.2) is 5.43 Å². The summed E-state index contributed by atoms with van der Waals surface area (Å²) in [5.74, 6) is 0. The Kier molecular flexibility index (Phi) is 3.59. The second-order valence-electron chi connectivity index (χ2n) is 4.89. The molecule has 0 aliphatic heterocycles. The van der Waals surface area contributed by atoms with Crippen LogP contribution >= 0.6 is 11.3 Å². The van der Waals surface area contributed by atoms with E-state index in [1.54, 1.807) is 29.5 Å². The normalized spacial score (nSPS) is 10.7. The number of fused-ring (bicyclic) bond motifs is 2. The summed E-state index contributed by atoms with van der Waals surface area (Å²) in [6.07, 6.45) is 1.04. The summed E-state index contributed by atoms with van der Waals surface area (Å²) < 4.78 is 1.81. The largest absolute Gasteiger partial charge is 0.385 e. The van der Waals surface area contributed by atoms with Gasteiger partial charge in [-0.3, -0.25) is 4.79 Å². The summed E-state index contributed by atoms with van der Waals surface area (Å²) in [5, 5.41) is 13.7. The number of nitriles is 1. The molecule has 3 rings (SSSR count). The Morgan fingerprint density at radius 3 is 2.76 bits per heavy atom. The van der Waals surface area contributed by atoms with Crippen molar-refractivity contribution in [2.75, 3.05) is 11.9 Å². The van der Waals surface area contributed by atoms with Crippen LogP contribution in [-0.4, -0.2) is 6.54 Å². The fourth-order valence-corrected chi connectivity index (χ4v) is 3.39. The average Bonchev–Trinajstić information content (AvgIpc) is 2.53. The van der Waals surface area contributed by atoms with Gasteiger partial charge in [-0.1, -0.05) is 6.92 Å². The molecule has 1 heterocycles. The SMILES string of the molecule is CCCNc1ccc2sc3cc(C#N)ccc3c(=O)c2c1. The molecule has 0 aliphatic carbocycles. The van der Waals surface area contributed by atoms with Crippen LogP contribution in [0.25, 0.3) is 20.2 Å². The van der Waals surface area contributed by atoms with E-state index in [0.29, 0.717) is 10.9 Å². The number of hydrogen-bond acceptors (Lipinski definition) is 4. The highest BCUT2D eigenvalue weighted by atomic mass is 32.1. The third-order valence-corrected chi connectivity index (χ3v) is 4.51. The van der Waals surface area contributed by atoms with E-state index in [4.69, 9.17) is 5.26 Å². The molecule has 21 heavy (non-hydrogen) atoms. The minimum atomic E-state index is 0.0309. The van der Waals surface area contributed by atoms with E-state index < -0.39 is 0 Å². The zero-order chi connectivity index (χ0) is 14.8. The molecule has 104 valence electrons. The summed E-state index contributed by atoms with van der Waals surface area (Å²) in [4.78, 5) is 12.6. The summed E-state index contributed by atoms with van der Waals surface area (Å²) in [5.41, 5.74) is 1.59. The minimum Gasteiger partial charge on any atom is -0.385 e. The standard InChI is InChI=1S/C17H14N2OS/c1-2-7-19-12-4-6-15-14(9-12)17(20)13-5-3-11(10-18)8-16(13)21-15/h3-6,8-9,19H,2,7H2,1H3. The van der Waals surface area contributed by atoms with Gasteiger partial charge in [-0.25, -0.2) is 0 Å². The summed E-state index contributed by atoms with van der Waals surface area (Å²) >= 11 is 1.55. The Labute approximate surface area is 126 Å². The van der Waals surface area contributed by atoms with Crippen molar-refractivity contribution in [1.29, 1.82) is 5.26 Å².